The number of nitrogens with two attached hydrogens (primary N) is 1. The molecule has 0 aliphatic carbocycles. The third-order valence-corrected chi connectivity index (χ3v) is 3.21. The van der Waals surface area contributed by atoms with Crippen LogP contribution in [0, 0.1) is 12.7 Å². The Kier molecular flexibility index (Phi) is 4.32. The van der Waals surface area contributed by atoms with Gasteiger partial charge in [0.1, 0.15) is 11.6 Å². The zero-order valence-corrected chi connectivity index (χ0v) is 12.2. The van der Waals surface area contributed by atoms with Gasteiger partial charge in [0.25, 0.3) is 0 Å². The smallest absolute Gasteiger partial charge is 0.146 e. The van der Waals surface area contributed by atoms with E-state index in [1.165, 1.54) is 6.07 Å². The first-order chi connectivity index (χ1) is 9.45. The summed E-state index contributed by atoms with van der Waals surface area (Å²) in [5.74, 6) is 0.844. The van der Waals surface area contributed by atoms with Gasteiger partial charge in [0.15, 0.2) is 0 Å². The number of hydrogen-bond donors (Lipinski definition) is 1. The van der Waals surface area contributed by atoms with Crippen LogP contribution in [0.25, 0.3) is 0 Å². The number of anilines is 1. The third kappa shape index (κ3) is 3.53. The van der Waals surface area contributed by atoms with Gasteiger partial charge in [-0.3, -0.25) is 0 Å². The Balaban J connectivity index is 2.12. The molecule has 1 aromatic carbocycles. The number of aromatic nitrogens is 2. The lowest BCUT2D eigenvalue weighted by molar-refractivity contribution is 0.631. The van der Waals surface area contributed by atoms with Crippen molar-refractivity contribution in [1.82, 2.24) is 9.97 Å². The van der Waals surface area contributed by atoms with Crippen LogP contribution in [0.2, 0.25) is 0 Å². The first-order valence-electron chi connectivity index (χ1n) is 6.84. The van der Waals surface area contributed by atoms with Crippen molar-refractivity contribution >= 4 is 5.69 Å². The van der Waals surface area contributed by atoms with Gasteiger partial charge in [-0.05, 0) is 43.0 Å². The van der Waals surface area contributed by atoms with Crippen molar-refractivity contribution in [3.63, 3.8) is 0 Å². The molecule has 4 heteroatoms. The fraction of sp³-hybridized carbons (Fsp3) is 0.375. The Hall–Kier alpha value is -1.97. The summed E-state index contributed by atoms with van der Waals surface area (Å²) >= 11 is 0. The second-order valence-corrected chi connectivity index (χ2v) is 5.36. The lowest BCUT2D eigenvalue weighted by atomic mass is 10.1. The normalized spacial score (nSPS) is 11.1. The molecule has 0 aliphatic heterocycles. The van der Waals surface area contributed by atoms with E-state index in [0.29, 0.717) is 5.92 Å². The maximum absolute atomic E-state index is 13.1. The molecule has 2 N–H and O–H groups in total. The van der Waals surface area contributed by atoms with Gasteiger partial charge in [-0.25, -0.2) is 14.4 Å². The second kappa shape index (κ2) is 5.99. The quantitative estimate of drug-likeness (QED) is 0.868. The summed E-state index contributed by atoms with van der Waals surface area (Å²) in [4.78, 5) is 9.03. The Morgan fingerprint density at radius 2 is 1.90 bits per heavy atom. The maximum atomic E-state index is 13.1. The second-order valence-electron chi connectivity index (χ2n) is 5.36. The summed E-state index contributed by atoms with van der Waals surface area (Å²) in [5.41, 5.74) is 8.81. The number of nitrogen functional groups attached to an aromatic ring is 1. The molecule has 106 valence electrons. The first-order valence-corrected chi connectivity index (χ1v) is 6.84. The van der Waals surface area contributed by atoms with Gasteiger partial charge in [-0.1, -0.05) is 19.9 Å². The van der Waals surface area contributed by atoms with Crippen LogP contribution in [0.15, 0.2) is 24.3 Å². The van der Waals surface area contributed by atoms with E-state index in [1.54, 1.807) is 12.1 Å². The fourth-order valence-electron chi connectivity index (χ4n) is 2.07. The summed E-state index contributed by atoms with van der Waals surface area (Å²) in [6.45, 7) is 6.21. The number of rotatable bonds is 4. The van der Waals surface area contributed by atoms with Gasteiger partial charge in [0.05, 0.1) is 5.69 Å². The van der Waals surface area contributed by atoms with Gasteiger partial charge in [-0.15, -0.1) is 0 Å². The van der Waals surface area contributed by atoms with Gasteiger partial charge in [0, 0.05) is 17.8 Å². The van der Waals surface area contributed by atoms with E-state index < -0.39 is 0 Å². The van der Waals surface area contributed by atoms with E-state index in [4.69, 9.17) is 5.73 Å². The number of halogens is 1. The van der Waals surface area contributed by atoms with Crippen LogP contribution >= 0.6 is 0 Å². The Morgan fingerprint density at radius 1 is 1.15 bits per heavy atom. The van der Waals surface area contributed by atoms with Crippen LogP contribution in [0.4, 0.5) is 10.1 Å². The molecule has 0 atom stereocenters. The molecule has 2 aromatic rings. The van der Waals surface area contributed by atoms with E-state index in [9.17, 15) is 4.39 Å². The van der Waals surface area contributed by atoms with E-state index in [0.717, 1.165) is 35.6 Å². The van der Waals surface area contributed by atoms with Gasteiger partial charge >= 0.3 is 0 Å². The average Bonchev–Trinajstić information content (AvgIpc) is 2.39. The van der Waals surface area contributed by atoms with E-state index in [-0.39, 0.29) is 11.5 Å². The van der Waals surface area contributed by atoms with Crippen molar-refractivity contribution in [3.8, 4) is 0 Å². The number of benzene rings is 1. The lowest BCUT2D eigenvalue weighted by Crippen LogP contribution is -2.05. The molecule has 3 nitrogen and oxygen atoms in total. The van der Waals surface area contributed by atoms with E-state index >= 15 is 0 Å². The van der Waals surface area contributed by atoms with Gasteiger partial charge in [0.2, 0.25) is 0 Å². The highest BCUT2D eigenvalue weighted by Crippen LogP contribution is 2.16. The topological polar surface area (TPSA) is 51.8 Å². The maximum Gasteiger partial charge on any atom is 0.146 e. The van der Waals surface area contributed by atoms with Crippen molar-refractivity contribution < 1.29 is 4.39 Å². The average molecular weight is 273 g/mol. The molecule has 0 spiro atoms. The molecule has 0 unspecified atom stereocenters. The molecule has 0 saturated heterocycles. The van der Waals surface area contributed by atoms with Crippen LogP contribution in [0.3, 0.4) is 0 Å². The summed E-state index contributed by atoms with van der Waals surface area (Å²) in [6, 6.07) is 6.85. The highest BCUT2D eigenvalue weighted by Gasteiger charge is 2.07. The minimum Gasteiger partial charge on any atom is -0.396 e. The van der Waals surface area contributed by atoms with Crippen LogP contribution < -0.4 is 5.73 Å². The van der Waals surface area contributed by atoms with Crippen LogP contribution in [0.1, 0.15) is 42.5 Å². The van der Waals surface area contributed by atoms with Crippen LogP contribution in [-0.2, 0) is 12.8 Å². The molecule has 0 amide bonds. The number of aryl methyl sites for hydroxylation is 3. The Bertz CT molecular complexity index is 609. The molecule has 0 fully saturated rings. The molecule has 0 saturated carbocycles. The number of nitrogens with zero attached hydrogens (tertiary/aromatic N) is 2. The predicted molar refractivity (Wildman–Crippen MR) is 79.1 cm³/mol. The highest BCUT2D eigenvalue weighted by atomic mass is 19.1. The molecule has 0 bridgehead atoms. The first kappa shape index (κ1) is 14.4. The van der Waals surface area contributed by atoms with Crippen molar-refractivity contribution in [2.45, 2.75) is 39.5 Å². The minimum atomic E-state index is -0.373. The zero-order valence-electron chi connectivity index (χ0n) is 12.2. The largest absolute Gasteiger partial charge is 0.396 e. The monoisotopic (exact) mass is 273 g/mol. The molecule has 2 rings (SSSR count). The van der Waals surface area contributed by atoms with Crippen molar-refractivity contribution in [2.24, 2.45) is 0 Å². The van der Waals surface area contributed by atoms with Crippen molar-refractivity contribution in [1.29, 1.82) is 0 Å². The highest BCUT2D eigenvalue weighted by molar-refractivity contribution is 5.42. The molecule has 1 heterocycles. The molecular formula is C16H20FN3. The minimum absolute atomic E-state index is 0.190. The summed E-state index contributed by atoms with van der Waals surface area (Å²) in [7, 11) is 0. The SMILES string of the molecule is Cc1cc(C(C)C)nc(CCc2ccc(F)c(N)c2)n1. The Labute approximate surface area is 119 Å². The molecule has 0 radical (unpaired) electrons. The lowest BCUT2D eigenvalue weighted by Gasteiger charge is -2.09. The van der Waals surface area contributed by atoms with E-state index in [2.05, 4.69) is 23.8 Å². The van der Waals surface area contributed by atoms with E-state index in [1.807, 2.05) is 13.0 Å². The fourth-order valence-corrected chi connectivity index (χ4v) is 2.07. The summed E-state index contributed by atoms with van der Waals surface area (Å²) in [6.07, 6.45) is 1.48. The predicted octanol–water partition coefficient (Wildman–Crippen LogP) is 3.41. The Morgan fingerprint density at radius 3 is 2.55 bits per heavy atom. The standard InChI is InChI=1S/C16H20FN3/c1-10(2)15-8-11(3)19-16(20-15)7-5-12-4-6-13(17)14(18)9-12/h4,6,8-10H,5,7,18H2,1-3H3. The van der Waals surface area contributed by atoms with Gasteiger partial charge in [-0.2, -0.15) is 0 Å². The van der Waals surface area contributed by atoms with Gasteiger partial charge < -0.3 is 5.73 Å². The number of hydrogen-bond acceptors (Lipinski definition) is 3. The van der Waals surface area contributed by atoms with Crippen LogP contribution in [-0.4, -0.2) is 9.97 Å². The molecular weight excluding hydrogens is 253 g/mol. The van der Waals surface area contributed by atoms with Crippen molar-refractivity contribution in [2.75, 3.05) is 5.73 Å². The summed E-state index contributed by atoms with van der Waals surface area (Å²) in [5, 5.41) is 0. The van der Waals surface area contributed by atoms with Crippen LogP contribution in [0.5, 0.6) is 0 Å². The molecule has 1 aromatic heterocycles. The zero-order chi connectivity index (χ0) is 14.7. The molecule has 0 aliphatic rings. The summed E-state index contributed by atoms with van der Waals surface area (Å²) < 4.78 is 13.1. The van der Waals surface area contributed by atoms with Crippen molar-refractivity contribution in [3.05, 3.63) is 52.9 Å². The molecule has 20 heavy (non-hydrogen) atoms. The third-order valence-electron chi connectivity index (χ3n) is 3.21.